The molecule has 1 saturated heterocycles. The molecule has 2 atom stereocenters. The summed E-state index contributed by atoms with van der Waals surface area (Å²) in [7, 11) is 0. The Morgan fingerprint density at radius 1 is 1.29 bits per heavy atom. The van der Waals surface area contributed by atoms with Crippen LogP contribution in [0.5, 0.6) is 0 Å². The van der Waals surface area contributed by atoms with Gasteiger partial charge in [-0.25, -0.2) is 0 Å². The molecule has 0 bridgehead atoms. The SMILES string of the molecule is CCC1(C)CN(CCSc2ccccc2)C(C2CC2)CN1. The van der Waals surface area contributed by atoms with E-state index in [9.17, 15) is 0 Å². The summed E-state index contributed by atoms with van der Waals surface area (Å²) in [5, 5.41) is 3.81. The van der Waals surface area contributed by atoms with Crippen molar-refractivity contribution in [3.05, 3.63) is 30.3 Å². The van der Waals surface area contributed by atoms with Crippen LogP contribution in [0.2, 0.25) is 0 Å². The van der Waals surface area contributed by atoms with Gasteiger partial charge in [-0.2, -0.15) is 0 Å². The zero-order valence-corrected chi connectivity index (χ0v) is 14.2. The monoisotopic (exact) mass is 304 g/mol. The summed E-state index contributed by atoms with van der Waals surface area (Å²) in [4.78, 5) is 4.17. The van der Waals surface area contributed by atoms with Crippen molar-refractivity contribution in [3.63, 3.8) is 0 Å². The molecule has 1 saturated carbocycles. The summed E-state index contributed by atoms with van der Waals surface area (Å²) in [6, 6.07) is 11.6. The van der Waals surface area contributed by atoms with Crippen molar-refractivity contribution in [2.75, 3.05) is 25.4 Å². The van der Waals surface area contributed by atoms with Crippen molar-refractivity contribution in [3.8, 4) is 0 Å². The zero-order valence-electron chi connectivity index (χ0n) is 13.3. The number of benzene rings is 1. The van der Waals surface area contributed by atoms with Crippen molar-refractivity contribution < 1.29 is 0 Å². The lowest BCUT2D eigenvalue weighted by atomic mass is 9.92. The molecule has 0 spiro atoms. The second-order valence-electron chi connectivity index (χ2n) is 6.83. The molecule has 1 aliphatic heterocycles. The quantitative estimate of drug-likeness (QED) is 0.808. The molecule has 2 unspecified atom stereocenters. The third kappa shape index (κ3) is 4.02. The fraction of sp³-hybridized carbons (Fsp3) is 0.667. The normalized spacial score (nSPS) is 30.5. The first-order valence-corrected chi connectivity index (χ1v) is 9.36. The van der Waals surface area contributed by atoms with Crippen molar-refractivity contribution >= 4 is 11.8 Å². The molecule has 21 heavy (non-hydrogen) atoms. The largest absolute Gasteiger partial charge is 0.309 e. The van der Waals surface area contributed by atoms with Crippen LogP contribution in [-0.4, -0.2) is 41.9 Å². The Labute approximate surface area is 133 Å². The van der Waals surface area contributed by atoms with Crippen LogP contribution in [0, 0.1) is 5.92 Å². The van der Waals surface area contributed by atoms with Crippen molar-refractivity contribution in [1.29, 1.82) is 0 Å². The summed E-state index contributed by atoms with van der Waals surface area (Å²) >= 11 is 1.99. The van der Waals surface area contributed by atoms with Gasteiger partial charge in [0, 0.05) is 41.9 Å². The van der Waals surface area contributed by atoms with Crippen LogP contribution in [0.3, 0.4) is 0 Å². The summed E-state index contributed by atoms with van der Waals surface area (Å²) in [5.41, 5.74) is 0.308. The third-order valence-electron chi connectivity index (χ3n) is 5.10. The maximum Gasteiger partial charge on any atom is 0.0278 e. The highest BCUT2D eigenvalue weighted by Crippen LogP contribution is 2.37. The first-order valence-electron chi connectivity index (χ1n) is 8.37. The van der Waals surface area contributed by atoms with E-state index in [-0.39, 0.29) is 0 Å². The first kappa shape index (κ1) is 15.4. The van der Waals surface area contributed by atoms with Gasteiger partial charge in [0.05, 0.1) is 0 Å². The molecule has 2 aliphatic rings. The minimum absolute atomic E-state index is 0.308. The number of nitrogens with zero attached hydrogens (tertiary/aromatic N) is 1. The van der Waals surface area contributed by atoms with E-state index < -0.39 is 0 Å². The van der Waals surface area contributed by atoms with Gasteiger partial charge in [-0.3, -0.25) is 4.90 Å². The van der Waals surface area contributed by atoms with Crippen LogP contribution >= 0.6 is 11.8 Å². The van der Waals surface area contributed by atoms with Gasteiger partial charge in [0.1, 0.15) is 0 Å². The highest BCUT2D eigenvalue weighted by Gasteiger charge is 2.41. The van der Waals surface area contributed by atoms with Crippen molar-refractivity contribution in [1.82, 2.24) is 10.2 Å². The average molecular weight is 305 g/mol. The summed E-state index contributed by atoms with van der Waals surface area (Å²) in [6.07, 6.45) is 4.10. The van der Waals surface area contributed by atoms with Crippen molar-refractivity contribution in [2.45, 2.75) is 49.6 Å². The molecular formula is C18H28N2S. The Kier molecular flexibility index (Phi) is 4.92. The van der Waals surface area contributed by atoms with Gasteiger partial charge < -0.3 is 5.32 Å². The third-order valence-corrected chi connectivity index (χ3v) is 6.09. The first-order chi connectivity index (χ1) is 10.2. The highest BCUT2D eigenvalue weighted by atomic mass is 32.2. The van der Waals surface area contributed by atoms with Crippen LogP contribution < -0.4 is 5.32 Å². The molecule has 0 radical (unpaired) electrons. The Balaban J connectivity index is 1.55. The van der Waals surface area contributed by atoms with Crippen molar-refractivity contribution in [2.24, 2.45) is 5.92 Å². The summed E-state index contributed by atoms with van der Waals surface area (Å²) in [6.45, 7) is 8.30. The Bertz CT molecular complexity index is 446. The van der Waals surface area contributed by atoms with Crippen LogP contribution in [0.15, 0.2) is 35.2 Å². The molecule has 1 aromatic carbocycles. The minimum Gasteiger partial charge on any atom is -0.309 e. The number of piperazine rings is 1. The van der Waals surface area contributed by atoms with E-state index >= 15 is 0 Å². The van der Waals surface area contributed by atoms with Gasteiger partial charge in [-0.05, 0) is 44.2 Å². The van der Waals surface area contributed by atoms with Gasteiger partial charge in [0.25, 0.3) is 0 Å². The van der Waals surface area contributed by atoms with Crippen LogP contribution in [0.1, 0.15) is 33.1 Å². The molecule has 3 heteroatoms. The maximum absolute atomic E-state index is 3.81. The predicted molar refractivity (Wildman–Crippen MR) is 91.9 cm³/mol. The molecule has 1 aromatic rings. The molecule has 1 aliphatic carbocycles. The van der Waals surface area contributed by atoms with Gasteiger partial charge >= 0.3 is 0 Å². The molecule has 0 amide bonds. The molecule has 2 nitrogen and oxygen atoms in total. The summed E-state index contributed by atoms with van der Waals surface area (Å²) in [5.74, 6) is 2.16. The highest BCUT2D eigenvalue weighted by molar-refractivity contribution is 7.99. The number of hydrogen-bond donors (Lipinski definition) is 1. The van der Waals surface area contributed by atoms with Gasteiger partial charge in [0.15, 0.2) is 0 Å². The Morgan fingerprint density at radius 3 is 2.71 bits per heavy atom. The maximum atomic E-state index is 3.81. The van der Waals surface area contributed by atoms with E-state index in [1.165, 1.54) is 49.5 Å². The molecular weight excluding hydrogens is 276 g/mol. The zero-order chi connectivity index (χ0) is 14.7. The second kappa shape index (κ2) is 6.72. The number of thioether (sulfide) groups is 1. The van der Waals surface area contributed by atoms with Crippen LogP contribution in [0.4, 0.5) is 0 Å². The van der Waals surface area contributed by atoms with E-state index in [0.29, 0.717) is 5.54 Å². The lowest BCUT2D eigenvalue weighted by Gasteiger charge is -2.46. The minimum atomic E-state index is 0.308. The Morgan fingerprint density at radius 2 is 2.05 bits per heavy atom. The van der Waals surface area contributed by atoms with E-state index in [2.05, 4.69) is 54.4 Å². The lowest BCUT2D eigenvalue weighted by Crippen LogP contribution is -2.63. The van der Waals surface area contributed by atoms with E-state index in [1.54, 1.807) is 0 Å². The average Bonchev–Trinajstić information content (AvgIpc) is 3.33. The van der Waals surface area contributed by atoms with E-state index in [0.717, 1.165) is 12.0 Å². The molecule has 2 fully saturated rings. The van der Waals surface area contributed by atoms with Gasteiger partial charge in [-0.1, -0.05) is 25.1 Å². The fourth-order valence-corrected chi connectivity index (χ4v) is 4.24. The topological polar surface area (TPSA) is 15.3 Å². The summed E-state index contributed by atoms with van der Waals surface area (Å²) < 4.78 is 0. The molecule has 116 valence electrons. The second-order valence-corrected chi connectivity index (χ2v) is 8.00. The number of rotatable bonds is 6. The molecule has 1 heterocycles. The van der Waals surface area contributed by atoms with Crippen LogP contribution in [0.25, 0.3) is 0 Å². The fourth-order valence-electron chi connectivity index (χ4n) is 3.33. The predicted octanol–water partition coefficient (Wildman–Crippen LogP) is 3.63. The molecule has 1 N–H and O–H groups in total. The van der Waals surface area contributed by atoms with Gasteiger partial charge in [0.2, 0.25) is 0 Å². The van der Waals surface area contributed by atoms with Gasteiger partial charge in [-0.15, -0.1) is 11.8 Å². The Hall–Kier alpha value is -0.510. The number of hydrogen-bond acceptors (Lipinski definition) is 3. The molecule has 3 rings (SSSR count). The van der Waals surface area contributed by atoms with E-state index in [1.807, 2.05) is 11.8 Å². The number of nitrogens with one attached hydrogen (secondary N) is 1. The standard InChI is InChI=1S/C18H28N2S/c1-3-18(2)14-20(17(13-19-18)15-9-10-15)11-12-21-16-7-5-4-6-8-16/h4-8,15,17,19H,3,9-14H2,1-2H3. The van der Waals surface area contributed by atoms with Crippen LogP contribution in [-0.2, 0) is 0 Å². The molecule has 0 aromatic heterocycles. The van der Waals surface area contributed by atoms with E-state index in [4.69, 9.17) is 0 Å². The smallest absolute Gasteiger partial charge is 0.0278 e. The lowest BCUT2D eigenvalue weighted by molar-refractivity contribution is 0.0789.